The lowest BCUT2D eigenvalue weighted by molar-refractivity contribution is 0.0227. The highest BCUT2D eigenvalue weighted by Crippen LogP contribution is 2.42. The molecular formula is C22H27NO3. The number of hydrogen-bond donors (Lipinski definition) is 1. The Kier molecular flexibility index (Phi) is 5.50. The van der Waals surface area contributed by atoms with Crippen molar-refractivity contribution in [2.24, 2.45) is 0 Å². The second kappa shape index (κ2) is 7.81. The van der Waals surface area contributed by atoms with Gasteiger partial charge in [-0.15, -0.1) is 0 Å². The second-order valence-corrected chi connectivity index (χ2v) is 6.72. The molecule has 2 aromatic carbocycles. The molecular weight excluding hydrogens is 326 g/mol. The Morgan fingerprint density at radius 1 is 1.12 bits per heavy atom. The van der Waals surface area contributed by atoms with Gasteiger partial charge in [-0.05, 0) is 50.1 Å². The summed E-state index contributed by atoms with van der Waals surface area (Å²) in [5, 5.41) is 3.21. The maximum Gasteiger partial charge on any atom is 0.251 e. The molecule has 4 heteroatoms. The third-order valence-corrected chi connectivity index (χ3v) is 5.22. The Balaban J connectivity index is 1.82. The maximum atomic E-state index is 12.8. The van der Waals surface area contributed by atoms with E-state index in [9.17, 15) is 4.79 Å². The normalized spacial score (nSPS) is 17.7. The zero-order chi connectivity index (χ0) is 18.6. The van der Waals surface area contributed by atoms with Crippen molar-refractivity contribution in [2.45, 2.75) is 51.7 Å². The van der Waals surface area contributed by atoms with Gasteiger partial charge in [-0.1, -0.05) is 32.0 Å². The van der Waals surface area contributed by atoms with Gasteiger partial charge in [-0.25, -0.2) is 0 Å². The molecule has 0 saturated carbocycles. The van der Waals surface area contributed by atoms with E-state index >= 15 is 0 Å². The molecule has 0 aliphatic carbocycles. The number of carbonyl (C=O) groups excluding carboxylic acids is 1. The van der Waals surface area contributed by atoms with E-state index in [0.29, 0.717) is 12.2 Å². The standard InChI is InChI=1S/C22H27NO3/c1-4-22(5-2)15-19(18-9-7-8-10-20(18)26-22)23-21(24)16-11-13-17(14-12-16)25-6-3/h7-14,19H,4-6,15H2,1-3H3,(H,23,24). The van der Waals surface area contributed by atoms with Crippen LogP contribution < -0.4 is 14.8 Å². The van der Waals surface area contributed by atoms with Crippen molar-refractivity contribution >= 4 is 5.91 Å². The predicted octanol–water partition coefficient (Wildman–Crippen LogP) is 4.90. The number of carbonyl (C=O) groups is 1. The summed E-state index contributed by atoms with van der Waals surface area (Å²) >= 11 is 0. The van der Waals surface area contributed by atoms with Gasteiger partial charge in [-0.2, -0.15) is 0 Å². The topological polar surface area (TPSA) is 47.6 Å². The summed E-state index contributed by atoms with van der Waals surface area (Å²) in [6, 6.07) is 15.2. The molecule has 0 fully saturated rings. The highest BCUT2D eigenvalue weighted by Gasteiger charge is 2.38. The molecule has 3 rings (SSSR count). The van der Waals surface area contributed by atoms with Gasteiger partial charge in [-0.3, -0.25) is 4.79 Å². The zero-order valence-corrected chi connectivity index (χ0v) is 15.7. The van der Waals surface area contributed by atoms with E-state index in [2.05, 4.69) is 19.2 Å². The molecule has 0 spiro atoms. The van der Waals surface area contributed by atoms with Crippen LogP contribution in [-0.2, 0) is 0 Å². The number of amides is 1. The Morgan fingerprint density at radius 2 is 1.81 bits per heavy atom. The molecule has 2 aromatic rings. The van der Waals surface area contributed by atoms with E-state index in [1.807, 2.05) is 43.3 Å². The Hall–Kier alpha value is -2.49. The lowest BCUT2D eigenvalue weighted by atomic mass is 9.83. The molecule has 0 radical (unpaired) electrons. The number of fused-ring (bicyclic) bond motifs is 1. The van der Waals surface area contributed by atoms with Crippen LogP contribution in [0.3, 0.4) is 0 Å². The van der Waals surface area contributed by atoms with Crippen LogP contribution in [0.25, 0.3) is 0 Å². The second-order valence-electron chi connectivity index (χ2n) is 6.72. The minimum atomic E-state index is -0.231. The van der Waals surface area contributed by atoms with Crippen LogP contribution in [0, 0.1) is 0 Å². The van der Waals surface area contributed by atoms with Gasteiger partial charge >= 0.3 is 0 Å². The van der Waals surface area contributed by atoms with Crippen molar-refractivity contribution in [3.8, 4) is 11.5 Å². The monoisotopic (exact) mass is 353 g/mol. The minimum Gasteiger partial charge on any atom is -0.494 e. The molecule has 1 aliphatic heterocycles. The van der Waals surface area contributed by atoms with E-state index in [0.717, 1.165) is 36.3 Å². The predicted molar refractivity (Wildman–Crippen MR) is 103 cm³/mol. The summed E-state index contributed by atoms with van der Waals surface area (Å²) in [6.07, 6.45) is 2.60. The molecule has 0 bridgehead atoms. The first kappa shape index (κ1) is 18.3. The summed E-state index contributed by atoms with van der Waals surface area (Å²) < 4.78 is 11.8. The quantitative estimate of drug-likeness (QED) is 0.804. The van der Waals surface area contributed by atoms with Crippen LogP contribution in [0.4, 0.5) is 0 Å². The largest absolute Gasteiger partial charge is 0.494 e. The zero-order valence-electron chi connectivity index (χ0n) is 15.7. The molecule has 0 aromatic heterocycles. The molecule has 1 atom stereocenters. The van der Waals surface area contributed by atoms with Gasteiger partial charge in [0.2, 0.25) is 0 Å². The average molecular weight is 353 g/mol. The van der Waals surface area contributed by atoms with Gasteiger partial charge in [0.15, 0.2) is 0 Å². The van der Waals surface area contributed by atoms with Crippen LogP contribution in [0.2, 0.25) is 0 Å². The van der Waals surface area contributed by atoms with Crippen molar-refractivity contribution < 1.29 is 14.3 Å². The number of nitrogens with one attached hydrogen (secondary N) is 1. The number of benzene rings is 2. The van der Waals surface area contributed by atoms with Crippen LogP contribution in [-0.4, -0.2) is 18.1 Å². The van der Waals surface area contributed by atoms with Crippen LogP contribution in [0.15, 0.2) is 48.5 Å². The van der Waals surface area contributed by atoms with Crippen LogP contribution in [0.1, 0.15) is 62.0 Å². The lowest BCUT2D eigenvalue weighted by Crippen LogP contribution is -2.44. The number of hydrogen-bond acceptors (Lipinski definition) is 3. The van der Waals surface area contributed by atoms with E-state index in [-0.39, 0.29) is 17.6 Å². The molecule has 1 heterocycles. The fourth-order valence-corrected chi connectivity index (χ4v) is 3.54. The molecule has 0 saturated heterocycles. The van der Waals surface area contributed by atoms with Crippen molar-refractivity contribution in [1.82, 2.24) is 5.32 Å². The lowest BCUT2D eigenvalue weighted by Gasteiger charge is -2.41. The van der Waals surface area contributed by atoms with E-state index < -0.39 is 0 Å². The molecule has 1 N–H and O–H groups in total. The van der Waals surface area contributed by atoms with Gasteiger partial charge in [0.05, 0.1) is 12.6 Å². The van der Waals surface area contributed by atoms with Gasteiger partial charge in [0, 0.05) is 17.5 Å². The number of para-hydroxylation sites is 1. The first-order valence-electron chi connectivity index (χ1n) is 9.42. The first-order valence-corrected chi connectivity index (χ1v) is 9.42. The van der Waals surface area contributed by atoms with Crippen LogP contribution in [0.5, 0.6) is 11.5 Å². The fourth-order valence-electron chi connectivity index (χ4n) is 3.54. The molecule has 26 heavy (non-hydrogen) atoms. The molecule has 1 amide bonds. The van der Waals surface area contributed by atoms with Gasteiger partial charge < -0.3 is 14.8 Å². The van der Waals surface area contributed by atoms with E-state index in [4.69, 9.17) is 9.47 Å². The Morgan fingerprint density at radius 3 is 2.46 bits per heavy atom. The summed E-state index contributed by atoms with van der Waals surface area (Å²) in [6.45, 7) is 6.84. The Labute approximate surface area is 155 Å². The summed E-state index contributed by atoms with van der Waals surface area (Å²) in [4.78, 5) is 12.8. The van der Waals surface area contributed by atoms with E-state index in [1.54, 1.807) is 12.1 Å². The average Bonchev–Trinajstić information content (AvgIpc) is 2.68. The molecule has 1 aliphatic rings. The van der Waals surface area contributed by atoms with E-state index in [1.165, 1.54) is 0 Å². The summed E-state index contributed by atoms with van der Waals surface area (Å²) in [7, 11) is 0. The van der Waals surface area contributed by atoms with Crippen molar-refractivity contribution in [3.63, 3.8) is 0 Å². The maximum absolute atomic E-state index is 12.8. The summed E-state index contributed by atoms with van der Waals surface area (Å²) in [5.41, 5.74) is 1.45. The minimum absolute atomic E-state index is 0.0566. The third-order valence-electron chi connectivity index (χ3n) is 5.22. The highest BCUT2D eigenvalue weighted by molar-refractivity contribution is 5.94. The first-order chi connectivity index (χ1) is 12.6. The highest BCUT2D eigenvalue weighted by atomic mass is 16.5. The van der Waals surface area contributed by atoms with Crippen molar-refractivity contribution in [3.05, 3.63) is 59.7 Å². The molecule has 4 nitrogen and oxygen atoms in total. The Bertz CT molecular complexity index is 750. The van der Waals surface area contributed by atoms with Crippen LogP contribution >= 0.6 is 0 Å². The van der Waals surface area contributed by atoms with Gasteiger partial charge in [0.25, 0.3) is 5.91 Å². The number of rotatable bonds is 6. The molecule has 1 unspecified atom stereocenters. The fraction of sp³-hybridized carbons (Fsp3) is 0.409. The van der Waals surface area contributed by atoms with Gasteiger partial charge in [0.1, 0.15) is 17.1 Å². The van der Waals surface area contributed by atoms with Crippen molar-refractivity contribution in [1.29, 1.82) is 0 Å². The SMILES string of the molecule is CCOc1ccc(C(=O)NC2CC(CC)(CC)Oc3ccccc32)cc1. The number of ether oxygens (including phenoxy) is 2. The molecule has 138 valence electrons. The summed E-state index contributed by atoms with van der Waals surface area (Å²) in [5.74, 6) is 1.58. The third kappa shape index (κ3) is 3.69. The van der Waals surface area contributed by atoms with Crippen molar-refractivity contribution in [2.75, 3.05) is 6.61 Å². The smallest absolute Gasteiger partial charge is 0.251 e.